The lowest BCUT2D eigenvalue weighted by molar-refractivity contribution is -0.117. The minimum atomic E-state index is -3.71. The summed E-state index contributed by atoms with van der Waals surface area (Å²) < 4.78 is 27.1. The number of nitrogens with zero attached hydrogens (tertiary/aromatic N) is 1. The molecule has 0 saturated heterocycles. The molecule has 0 spiro atoms. The molecule has 1 aliphatic heterocycles. The van der Waals surface area contributed by atoms with E-state index in [1.165, 1.54) is 12.1 Å². The van der Waals surface area contributed by atoms with Crippen LogP contribution in [0.15, 0.2) is 40.6 Å². The molecule has 0 fully saturated rings. The normalized spacial score (nSPS) is 14.6. The average Bonchev–Trinajstić information content (AvgIpc) is 2.99. The molecule has 122 valence electrons. The predicted molar refractivity (Wildman–Crippen MR) is 91.6 cm³/mol. The van der Waals surface area contributed by atoms with Crippen LogP contribution in [0, 0.1) is 0 Å². The minimum Gasteiger partial charge on any atom is -0.311 e. The quantitative estimate of drug-likeness (QED) is 0.899. The van der Waals surface area contributed by atoms with E-state index in [0.717, 1.165) is 35.4 Å². The highest BCUT2D eigenvalue weighted by molar-refractivity contribution is 7.91. The fraction of sp³-hybridized carbons (Fsp3) is 0.267. The number of hydrogen-bond acceptors (Lipinski definition) is 4. The van der Waals surface area contributed by atoms with Crippen molar-refractivity contribution in [1.29, 1.82) is 0 Å². The number of halogens is 1. The van der Waals surface area contributed by atoms with Crippen LogP contribution in [-0.2, 0) is 21.2 Å². The van der Waals surface area contributed by atoms with Crippen LogP contribution in [0.2, 0.25) is 4.34 Å². The lowest BCUT2D eigenvalue weighted by Crippen LogP contribution is -2.42. The van der Waals surface area contributed by atoms with E-state index in [1.54, 1.807) is 4.90 Å². The van der Waals surface area contributed by atoms with Gasteiger partial charge in [0.05, 0.1) is 10.9 Å². The second-order valence-electron chi connectivity index (χ2n) is 5.16. The highest BCUT2D eigenvalue weighted by Gasteiger charge is 2.24. The number of amides is 1. The van der Waals surface area contributed by atoms with Crippen molar-refractivity contribution in [1.82, 2.24) is 4.72 Å². The molecule has 8 heteroatoms. The number of carbonyl (C=O) groups excluding carboxylic acids is 1. The summed E-state index contributed by atoms with van der Waals surface area (Å²) in [5.41, 5.74) is 1.97. The molecule has 3 rings (SSSR count). The molecule has 23 heavy (non-hydrogen) atoms. The molecule has 1 aromatic carbocycles. The van der Waals surface area contributed by atoms with Gasteiger partial charge in [0.25, 0.3) is 10.0 Å². The molecule has 0 bridgehead atoms. The molecule has 5 nitrogen and oxygen atoms in total. The monoisotopic (exact) mass is 370 g/mol. The highest BCUT2D eigenvalue weighted by atomic mass is 35.5. The van der Waals surface area contributed by atoms with Crippen LogP contribution in [0.3, 0.4) is 0 Å². The summed E-state index contributed by atoms with van der Waals surface area (Å²) in [6, 6.07) is 10.6. The van der Waals surface area contributed by atoms with Gasteiger partial charge in [-0.05, 0) is 36.6 Å². The second kappa shape index (κ2) is 6.60. The van der Waals surface area contributed by atoms with Gasteiger partial charge < -0.3 is 4.90 Å². The third-order valence-electron chi connectivity index (χ3n) is 3.64. The molecule has 1 amide bonds. The van der Waals surface area contributed by atoms with Crippen LogP contribution in [0.25, 0.3) is 0 Å². The molecule has 0 saturated carbocycles. The van der Waals surface area contributed by atoms with Crippen LogP contribution in [0.5, 0.6) is 0 Å². The maximum atomic E-state index is 12.4. The van der Waals surface area contributed by atoms with Crippen molar-refractivity contribution in [3.8, 4) is 0 Å². The Labute approximate surface area is 143 Å². The van der Waals surface area contributed by atoms with Gasteiger partial charge in [0.1, 0.15) is 4.21 Å². The number of nitrogens with one attached hydrogen (secondary N) is 1. The first kappa shape index (κ1) is 16.4. The Hall–Kier alpha value is -1.41. The maximum Gasteiger partial charge on any atom is 0.250 e. The summed E-state index contributed by atoms with van der Waals surface area (Å²) in [4.78, 5) is 14.1. The molecule has 1 aliphatic rings. The number of fused-ring (bicyclic) bond motifs is 1. The Morgan fingerprint density at radius 1 is 1.26 bits per heavy atom. The van der Waals surface area contributed by atoms with Crippen LogP contribution in [0.4, 0.5) is 5.69 Å². The first-order valence-electron chi connectivity index (χ1n) is 7.11. The molecule has 0 atom stereocenters. The SMILES string of the molecule is O=C(CNS(=O)(=O)c1ccc(Cl)s1)N1CCCc2ccccc21. The van der Waals surface area contributed by atoms with E-state index in [0.29, 0.717) is 10.9 Å². The first-order chi connectivity index (χ1) is 11.0. The first-order valence-corrected chi connectivity index (χ1v) is 9.78. The van der Waals surface area contributed by atoms with E-state index in [9.17, 15) is 13.2 Å². The Balaban J connectivity index is 1.71. The van der Waals surface area contributed by atoms with E-state index < -0.39 is 10.0 Å². The summed E-state index contributed by atoms with van der Waals surface area (Å²) in [5.74, 6) is -0.261. The van der Waals surface area contributed by atoms with Crippen molar-refractivity contribution >= 4 is 44.6 Å². The van der Waals surface area contributed by atoms with Crippen molar-refractivity contribution in [2.24, 2.45) is 0 Å². The number of thiophene rings is 1. The minimum absolute atomic E-state index is 0.106. The van der Waals surface area contributed by atoms with Crippen LogP contribution < -0.4 is 9.62 Å². The average molecular weight is 371 g/mol. The van der Waals surface area contributed by atoms with E-state index in [2.05, 4.69) is 4.72 Å². The van der Waals surface area contributed by atoms with Crippen LogP contribution >= 0.6 is 22.9 Å². The number of benzene rings is 1. The van der Waals surface area contributed by atoms with Crippen molar-refractivity contribution in [3.63, 3.8) is 0 Å². The molecule has 1 aromatic heterocycles. The summed E-state index contributed by atoms with van der Waals surface area (Å²) in [6.45, 7) is 0.328. The van der Waals surface area contributed by atoms with Gasteiger partial charge in [-0.25, -0.2) is 13.1 Å². The highest BCUT2D eigenvalue weighted by Crippen LogP contribution is 2.27. The molecular weight excluding hydrogens is 356 g/mol. The summed E-state index contributed by atoms with van der Waals surface area (Å²) in [5, 5.41) is 0. The Morgan fingerprint density at radius 3 is 2.78 bits per heavy atom. The third-order valence-corrected chi connectivity index (χ3v) is 6.76. The van der Waals surface area contributed by atoms with Gasteiger partial charge in [-0.1, -0.05) is 29.8 Å². The van der Waals surface area contributed by atoms with Gasteiger partial charge >= 0.3 is 0 Å². The topological polar surface area (TPSA) is 66.5 Å². The Morgan fingerprint density at radius 2 is 2.04 bits per heavy atom. The maximum absolute atomic E-state index is 12.4. The van der Waals surface area contributed by atoms with E-state index in [1.807, 2.05) is 24.3 Å². The van der Waals surface area contributed by atoms with Crippen molar-refractivity contribution in [3.05, 3.63) is 46.3 Å². The molecule has 2 aromatic rings. The van der Waals surface area contributed by atoms with Gasteiger partial charge in [-0.2, -0.15) is 0 Å². The number of carbonyl (C=O) groups is 1. The van der Waals surface area contributed by atoms with Gasteiger partial charge in [0.15, 0.2) is 0 Å². The summed E-state index contributed by atoms with van der Waals surface area (Å²) >= 11 is 6.72. The van der Waals surface area contributed by atoms with Crippen LogP contribution in [-0.4, -0.2) is 27.4 Å². The molecule has 1 N–H and O–H groups in total. The Kier molecular flexibility index (Phi) is 4.72. The molecular formula is C15H15ClN2O3S2. The smallest absolute Gasteiger partial charge is 0.250 e. The van der Waals surface area contributed by atoms with Gasteiger partial charge in [-0.15, -0.1) is 11.3 Å². The van der Waals surface area contributed by atoms with Gasteiger partial charge in [0.2, 0.25) is 5.91 Å². The van der Waals surface area contributed by atoms with Crippen molar-refractivity contribution in [2.45, 2.75) is 17.1 Å². The number of sulfonamides is 1. The molecule has 0 unspecified atom stereocenters. The largest absolute Gasteiger partial charge is 0.311 e. The lowest BCUT2D eigenvalue weighted by atomic mass is 10.0. The molecule has 0 aliphatic carbocycles. The van der Waals surface area contributed by atoms with E-state index in [4.69, 9.17) is 11.6 Å². The zero-order chi connectivity index (χ0) is 16.4. The van der Waals surface area contributed by atoms with Gasteiger partial charge in [-0.3, -0.25) is 4.79 Å². The fourth-order valence-corrected chi connectivity index (χ4v) is 5.06. The predicted octanol–water partition coefficient (Wildman–Crippen LogP) is 2.66. The fourth-order valence-electron chi connectivity index (χ4n) is 2.56. The molecule has 0 radical (unpaired) electrons. The number of hydrogen-bond donors (Lipinski definition) is 1. The number of aryl methyl sites for hydroxylation is 1. The van der Waals surface area contributed by atoms with Crippen molar-refractivity contribution in [2.75, 3.05) is 18.0 Å². The standard InChI is InChI=1S/C15H15ClN2O3S2/c16-13-7-8-15(22-13)23(20,21)17-10-14(19)18-9-3-5-11-4-1-2-6-12(11)18/h1-2,4,6-8,17H,3,5,9-10H2. The molecule has 2 heterocycles. The zero-order valence-corrected chi connectivity index (χ0v) is 14.5. The Bertz CT molecular complexity index is 833. The summed E-state index contributed by atoms with van der Waals surface area (Å²) in [7, 11) is -3.71. The van der Waals surface area contributed by atoms with Crippen LogP contribution in [0.1, 0.15) is 12.0 Å². The number of para-hydroxylation sites is 1. The van der Waals surface area contributed by atoms with E-state index >= 15 is 0 Å². The van der Waals surface area contributed by atoms with E-state index in [-0.39, 0.29) is 16.7 Å². The van der Waals surface area contributed by atoms with Crippen molar-refractivity contribution < 1.29 is 13.2 Å². The third kappa shape index (κ3) is 3.58. The van der Waals surface area contributed by atoms with Gasteiger partial charge in [0, 0.05) is 12.2 Å². The summed E-state index contributed by atoms with van der Waals surface area (Å²) in [6.07, 6.45) is 1.80. The number of rotatable bonds is 4. The second-order valence-corrected chi connectivity index (χ2v) is 8.87. The lowest BCUT2D eigenvalue weighted by Gasteiger charge is -2.29. The zero-order valence-electron chi connectivity index (χ0n) is 12.2. The number of anilines is 1.